The molecule has 2 aliphatic rings. The summed E-state index contributed by atoms with van der Waals surface area (Å²) in [5, 5.41) is 9.81. The van der Waals surface area contributed by atoms with Gasteiger partial charge >= 0.3 is 5.97 Å². The fourth-order valence-electron chi connectivity index (χ4n) is 4.55. The van der Waals surface area contributed by atoms with Crippen LogP contribution in [0.2, 0.25) is 0 Å². The van der Waals surface area contributed by atoms with E-state index in [1.165, 1.54) is 6.07 Å². The Bertz CT molecular complexity index is 914. The number of aliphatic carboxylic acids is 1. The molecule has 4 rings (SSSR count). The van der Waals surface area contributed by atoms with Crippen LogP contribution < -0.4 is 5.73 Å². The van der Waals surface area contributed by atoms with Gasteiger partial charge in [0.05, 0.1) is 17.0 Å². The van der Waals surface area contributed by atoms with E-state index in [0.717, 1.165) is 0 Å². The summed E-state index contributed by atoms with van der Waals surface area (Å²) in [6.45, 7) is 0.486. The second-order valence-electron chi connectivity index (χ2n) is 8.16. The Labute approximate surface area is 165 Å². The lowest BCUT2D eigenvalue weighted by molar-refractivity contribution is -0.148. The molecule has 29 heavy (non-hydrogen) atoms. The predicted molar refractivity (Wildman–Crippen MR) is 99.3 cm³/mol. The third kappa shape index (κ3) is 3.50. The molecule has 1 saturated carbocycles. The summed E-state index contributed by atoms with van der Waals surface area (Å²) in [5.74, 6) is -4.26. The zero-order valence-corrected chi connectivity index (χ0v) is 15.9. The Balaban J connectivity index is 1.67. The third-order valence-electron chi connectivity index (χ3n) is 6.47. The van der Waals surface area contributed by atoms with Gasteiger partial charge in [0.25, 0.3) is 0 Å². The summed E-state index contributed by atoms with van der Waals surface area (Å²) in [6.07, 6.45) is 0.485. The first-order valence-corrected chi connectivity index (χ1v) is 9.87. The number of hydrogen-bond donors (Lipinski definition) is 3. The van der Waals surface area contributed by atoms with Crippen molar-refractivity contribution in [3.63, 3.8) is 0 Å². The topological polar surface area (TPSA) is 101 Å². The number of carboxylic acid groups (broad SMARTS) is 1. The SMILES string of the molecule is NC(c1nc2c(F)c(C3(C(=O)O)CCOCC3)ccc2[nH]1)C1CCC(F)(F)CC1. The van der Waals surface area contributed by atoms with Gasteiger partial charge in [-0.25, -0.2) is 18.2 Å². The number of ether oxygens (including phenoxy) is 1. The maximum absolute atomic E-state index is 15.4. The van der Waals surface area contributed by atoms with Crippen LogP contribution in [0.5, 0.6) is 0 Å². The molecule has 1 aromatic heterocycles. The van der Waals surface area contributed by atoms with Crippen LogP contribution in [0.4, 0.5) is 13.2 Å². The van der Waals surface area contributed by atoms with Crippen LogP contribution in [0.3, 0.4) is 0 Å². The Morgan fingerprint density at radius 2 is 1.90 bits per heavy atom. The van der Waals surface area contributed by atoms with Crippen molar-refractivity contribution in [2.24, 2.45) is 11.7 Å². The van der Waals surface area contributed by atoms with Crippen molar-refractivity contribution in [1.29, 1.82) is 0 Å². The molecule has 2 heterocycles. The first-order chi connectivity index (χ1) is 13.7. The zero-order valence-electron chi connectivity index (χ0n) is 15.9. The summed E-state index contributed by atoms with van der Waals surface area (Å²) in [4.78, 5) is 19.3. The van der Waals surface area contributed by atoms with Crippen LogP contribution in [0.15, 0.2) is 12.1 Å². The Morgan fingerprint density at radius 1 is 1.24 bits per heavy atom. The number of benzene rings is 1. The van der Waals surface area contributed by atoms with E-state index in [2.05, 4.69) is 9.97 Å². The molecule has 0 amide bonds. The standard InChI is InChI=1S/C20H24F3N3O3/c21-14-12(19(18(27)28)7-9-29-10-8-19)1-2-13-16(14)26-17(25-13)15(24)11-3-5-20(22,23)6-4-11/h1-2,11,15H,3-10,24H2,(H,25,26)(H,27,28). The van der Waals surface area contributed by atoms with E-state index in [0.29, 0.717) is 11.3 Å². The van der Waals surface area contributed by atoms with Crippen molar-refractivity contribution in [2.75, 3.05) is 13.2 Å². The van der Waals surface area contributed by atoms with Crippen molar-refractivity contribution in [1.82, 2.24) is 9.97 Å². The van der Waals surface area contributed by atoms with Crippen molar-refractivity contribution in [3.05, 3.63) is 29.3 Å². The van der Waals surface area contributed by atoms with Gasteiger partial charge in [-0.15, -0.1) is 0 Å². The molecular formula is C20H24F3N3O3. The molecule has 0 spiro atoms. The highest BCUT2D eigenvalue weighted by atomic mass is 19.3. The van der Waals surface area contributed by atoms with E-state index in [1.807, 2.05) is 0 Å². The molecule has 1 unspecified atom stereocenters. The Morgan fingerprint density at radius 3 is 2.52 bits per heavy atom. The third-order valence-corrected chi connectivity index (χ3v) is 6.47. The lowest BCUT2D eigenvalue weighted by Gasteiger charge is -2.33. The molecule has 1 atom stereocenters. The van der Waals surface area contributed by atoms with Gasteiger partial charge in [-0.05, 0) is 37.7 Å². The van der Waals surface area contributed by atoms with E-state index < -0.39 is 29.2 Å². The number of fused-ring (bicyclic) bond motifs is 1. The Hall–Kier alpha value is -2.13. The van der Waals surface area contributed by atoms with Crippen LogP contribution in [0, 0.1) is 11.7 Å². The van der Waals surface area contributed by atoms with Gasteiger partial charge in [0.1, 0.15) is 11.3 Å². The number of nitrogens with two attached hydrogens (primary N) is 1. The maximum Gasteiger partial charge on any atom is 0.314 e. The number of rotatable bonds is 4. The van der Waals surface area contributed by atoms with Gasteiger partial charge in [0.2, 0.25) is 5.92 Å². The molecule has 0 bridgehead atoms. The van der Waals surface area contributed by atoms with E-state index in [-0.39, 0.29) is 68.7 Å². The number of imidazole rings is 1. The number of H-pyrrole nitrogens is 1. The van der Waals surface area contributed by atoms with E-state index in [1.54, 1.807) is 6.07 Å². The molecule has 6 nitrogen and oxygen atoms in total. The summed E-state index contributed by atoms with van der Waals surface area (Å²) < 4.78 is 47.4. The molecule has 1 aliphatic heterocycles. The highest BCUT2D eigenvalue weighted by Gasteiger charge is 2.44. The number of aromatic amines is 1. The normalized spacial score (nSPS) is 23.2. The average Bonchev–Trinajstić information content (AvgIpc) is 3.13. The minimum atomic E-state index is -2.65. The van der Waals surface area contributed by atoms with Gasteiger partial charge in [-0.2, -0.15) is 0 Å². The van der Waals surface area contributed by atoms with Crippen LogP contribution in [-0.4, -0.2) is 40.2 Å². The maximum atomic E-state index is 15.4. The zero-order chi connectivity index (χ0) is 20.8. The highest BCUT2D eigenvalue weighted by molar-refractivity contribution is 5.85. The minimum Gasteiger partial charge on any atom is -0.481 e. The average molecular weight is 411 g/mol. The first kappa shape index (κ1) is 20.2. The summed E-state index contributed by atoms with van der Waals surface area (Å²) in [6, 6.07) is 2.47. The number of nitrogens with one attached hydrogen (secondary N) is 1. The Kier molecular flexibility index (Phi) is 5.06. The lowest BCUT2D eigenvalue weighted by Crippen LogP contribution is -2.42. The molecule has 1 aromatic carbocycles. The molecule has 2 aromatic rings. The smallest absolute Gasteiger partial charge is 0.314 e. The number of carbonyl (C=O) groups is 1. The van der Waals surface area contributed by atoms with Crippen LogP contribution >= 0.6 is 0 Å². The minimum absolute atomic E-state index is 0.0289. The van der Waals surface area contributed by atoms with Gasteiger partial charge in [0.15, 0.2) is 5.82 Å². The van der Waals surface area contributed by atoms with Crippen LogP contribution in [-0.2, 0) is 14.9 Å². The van der Waals surface area contributed by atoms with Crippen LogP contribution in [0.1, 0.15) is 56.0 Å². The second-order valence-corrected chi connectivity index (χ2v) is 8.16. The molecule has 1 aliphatic carbocycles. The summed E-state index contributed by atoms with van der Waals surface area (Å²) >= 11 is 0. The van der Waals surface area contributed by atoms with Gasteiger partial charge < -0.3 is 20.6 Å². The fraction of sp³-hybridized carbons (Fsp3) is 0.600. The monoisotopic (exact) mass is 411 g/mol. The number of hydrogen-bond acceptors (Lipinski definition) is 4. The summed E-state index contributed by atoms with van der Waals surface area (Å²) in [5.41, 5.74) is 5.43. The lowest BCUT2D eigenvalue weighted by atomic mass is 9.74. The molecule has 158 valence electrons. The first-order valence-electron chi connectivity index (χ1n) is 9.87. The largest absolute Gasteiger partial charge is 0.481 e. The van der Waals surface area contributed by atoms with Crippen molar-refractivity contribution < 1.29 is 27.8 Å². The van der Waals surface area contributed by atoms with Gasteiger partial charge in [0, 0.05) is 31.6 Å². The number of aromatic nitrogens is 2. The van der Waals surface area contributed by atoms with Gasteiger partial charge in [-0.1, -0.05) is 6.07 Å². The number of alkyl halides is 2. The summed E-state index contributed by atoms with van der Waals surface area (Å²) in [7, 11) is 0. The second kappa shape index (κ2) is 7.28. The molecule has 0 radical (unpaired) electrons. The van der Waals surface area contributed by atoms with Crippen molar-refractivity contribution in [2.45, 2.75) is 55.9 Å². The molecule has 2 fully saturated rings. The van der Waals surface area contributed by atoms with E-state index in [4.69, 9.17) is 10.5 Å². The van der Waals surface area contributed by atoms with E-state index >= 15 is 4.39 Å². The molecule has 1 saturated heterocycles. The van der Waals surface area contributed by atoms with Crippen molar-refractivity contribution in [3.8, 4) is 0 Å². The van der Waals surface area contributed by atoms with Crippen molar-refractivity contribution >= 4 is 17.0 Å². The number of halogens is 3. The fourth-order valence-corrected chi connectivity index (χ4v) is 4.55. The van der Waals surface area contributed by atoms with E-state index in [9.17, 15) is 18.7 Å². The molecular weight excluding hydrogens is 387 g/mol. The van der Waals surface area contributed by atoms with Crippen LogP contribution in [0.25, 0.3) is 11.0 Å². The quantitative estimate of drug-likeness (QED) is 0.713. The highest BCUT2D eigenvalue weighted by Crippen LogP contribution is 2.41. The van der Waals surface area contributed by atoms with Gasteiger partial charge in [-0.3, -0.25) is 4.79 Å². The number of carboxylic acids is 1. The predicted octanol–water partition coefficient (Wildman–Crippen LogP) is 3.66. The number of nitrogens with zero attached hydrogens (tertiary/aromatic N) is 1. The molecule has 9 heteroatoms. The molecule has 4 N–H and O–H groups in total.